The van der Waals surface area contributed by atoms with Gasteiger partial charge in [-0.1, -0.05) is 15.9 Å². The van der Waals surface area contributed by atoms with E-state index in [9.17, 15) is 9.18 Å². The number of imidazole rings is 1. The van der Waals surface area contributed by atoms with Crippen molar-refractivity contribution in [2.45, 2.75) is 13.0 Å². The SMILES string of the molecule is CC(OC(=O)c1ccc(Br)cc1F)c1nc2ncc(Br)cc2[nH]1. The van der Waals surface area contributed by atoms with E-state index in [1.807, 2.05) is 6.07 Å². The van der Waals surface area contributed by atoms with Crippen molar-refractivity contribution in [3.05, 3.63) is 56.6 Å². The Labute approximate surface area is 147 Å². The van der Waals surface area contributed by atoms with Crippen molar-refractivity contribution in [2.75, 3.05) is 0 Å². The molecule has 3 aromatic rings. The van der Waals surface area contributed by atoms with Crippen molar-refractivity contribution in [1.29, 1.82) is 0 Å². The number of benzene rings is 1. The van der Waals surface area contributed by atoms with Gasteiger partial charge in [0.1, 0.15) is 11.6 Å². The van der Waals surface area contributed by atoms with Gasteiger partial charge in [-0.15, -0.1) is 0 Å². The van der Waals surface area contributed by atoms with Crippen LogP contribution in [-0.2, 0) is 4.74 Å². The van der Waals surface area contributed by atoms with Gasteiger partial charge in [0.15, 0.2) is 11.8 Å². The molecule has 5 nitrogen and oxygen atoms in total. The molecular weight excluding hydrogens is 433 g/mol. The molecule has 118 valence electrons. The van der Waals surface area contributed by atoms with Crippen molar-refractivity contribution in [3.8, 4) is 0 Å². The Morgan fingerprint density at radius 3 is 2.83 bits per heavy atom. The maximum Gasteiger partial charge on any atom is 0.341 e. The van der Waals surface area contributed by atoms with Gasteiger partial charge in [-0.3, -0.25) is 0 Å². The summed E-state index contributed by atoms with van der Waals surface area (Å²) in [6, 6.07) is 5.98. The predicted molar refractivity (Wildman–Crippen MR) is 89.5 cm³/mol. The number of esters is 1. The highest BCUT2D eigenvalue weighted by Gasteiger charge is 2.20. The molecule has 1 aromatic carbocycles. The molecule has 0 saturated carbocycles. The third-order valence-corrected chi connectivity index (χ3v) is 4.07. The van der Waals surface area contributed by atoms with Crippen molar-refractivity contribution < 1.29 is 13.9 Å². The van der Waals surface area contributed by atoms with Gasteiger partial charge in [-0.25, -0.2) is 19.2 Å². The Balaban J connectivity index is 1.82. The quantitative estimate of drug-likeness (QED) is 0.604. The fourth-order valence-electron chi connectivity index (χ4n) is 2.02. The van der Waals surface area contributed by atoms with Gasteiger partial charge in [0, 0.05) is 15.1 Å². The molecule has 2 heterocycles. The average molecular weight is 443 g/mol. The van der Waals surface area contributed by atoms with Gasteiger partial charge in [0.25, 0.3) is 0 Å². The number of carbonyl (C=O) groups excluding carboxylic acids is 1. The number of carbonyl (C=O) groups is 1. The first-order valence-corrected chi connectivity index (χ1v) is 8.20. The summed E-state index contributed by atoms with van der Waals surface area (Å²) in [5.41, 5.74) is 1.10. The van der Waals surface area contributed by atoms with Crippen LogP contribution < -0.4 is 0 Å². The summed E-state index contributed by atoms with van der Waals surface area (Å²) in [6.45, 7) is 1.65. The first-order valence-electron chi connectivity index (χ1n) is 6.61. The first-order chi connectivity index (χ1) is 10.9. The Kier molecular flexibility index (Phi) is 4.45. The summed E-state index contributed by atoms with van der Waals surface area (Å²) < 4.78 is 20.4. The number of aromatic nitrogens is 3. The maximum absolute atomic E-state index is 13.8. The van der Waals surface area contributed by atoms with Gasteiger partial charge in [0.05, 0.1) is 11.1 Å². The summed E-state index contributed by atoms with van der Waals surface area (Å²) in [7, 11) is 0. The highest BCUT2D eigenvalue weighted by atomic mass is 79.9. The zero-order chi connectivity index (χ0) is 16.6. The van der Waals surface area contributed by atoms with Crippen molar-refractivity contribution in [3.63, 3.8) is 0 Å². The molecular formula is C15H10Br2FN3O2. The smallest absolute Gasteiger partial charge is 0.341 e. The monoisotopic (exact) mass is 441 g/mol. The number of aromatic amines is 1. The van der Waals surface area contributed by atoms with E-state index in [4.69, 9.17) is 4.74 Å². The molecule has 0 aliphatic heterocycles. The number of fused-ring (bicyclic) bond motifs is 1. The molecule has 23 heavy (non-hydrogen) atoms. The number of H-pyrrole nitrogens is 1. The lowest BCUT2D eigenvalue weighted by Gasteiger charge is -2.11. The molecule has 0 bridgehead atoms. The van der Waals surface area contributed by atoms with E-state index in [0.717, 1.165) is 4.47 Å². The first kappa shape index (κ1) is 16.1. The second-order valence-electron chi connectivity index (χ2n) is 4.82. The van der Waals surface area contributed by atoms with Gasteiger partial charge in [-0.05, 0) is 47.1 Å². The molecule has 1 N–H and O–H groups in total. The third kappa shape index (κ3) is 3.42. The molecule has 1 unspecified atom stereocenters. The molecule has 8 heteroatoms. The fourth-order valence-corrected chi connectivity index (χ4v) is 2.69. The highest BCUT2D eigenvalue weighted by Crippen LogP contribution is 2.22. The number of rotatable bonds is 3. The molecule has 3 rings (SSSR count). The second-order valence-corrected chi connectivity index (χ2v) is 6.65. The highest BCUT2D eigenvalue weighted by molar-refractivity contribution is 9.10. The third-order valence-electron chi connectivity index (χ3n) is 3.14. The van der Waals surface area contributed by atoms with Crippen molar-refractivity contribution in [1.82, 2.24) is 15.0 Å². The standard InChI is InChI=1S/C15H10Br2FN3O2/c1-7(13-20-12-5-9(17)6-19-14(12)21-13)23-15(22)10-3-2-8(16)4-11(10)18/h2-7H,1H3,(H,19,20,21). The van der Waals surface area contributed by atoms with Crippen LogP contribution in [0.15, 0.2) is 39.4 Å². The van der Waals surface area contributed by atoms with Crippen LogP contribution in [0.2, 0.25) is 0 Å². The number of halogens is 3. The maximum atomic E-state index is 13.8. The molecule has 1 atom stereocenters. The fraction of sp³-hybridized carbons (Fsp3) is 0.133. The van der Waals surface area contributed by atoms with Crippen LogP contribution >= 0.6 is 31.9 Å². The average Bonchev–Trinajstić information content (AvgIpc) is 2.90. The van der Waals surface area contributed by atoms with Crippen LogP contribution in [0.5, 0.6) is 0 Å². The number of nitrogens with one attached hydrogen (secondary N) is 1. The molecule has 0 amide bonds. The number of hydrogen-bond acceptors (Lipinski definition) is 4. The van der Waals surface area contributed by atoms with E-state index in [1.165, 1.54) is 12.1 Å². The Hall–Kier alpha value is -1.80. The predicted octanol–water partition coefficient (Wildman–Crippen LogP) is 4.54. The van der Waals surface area contributed by atoms with E-state index < -0.39 is 17.9 Å². The topological polar surface area (TPSA) is 67.9 Å². The molecule has 0 saturated heterocycles. The molecule has 2 aromatic heterocycles. The summed E-state index contributed by atoms with van der Waals surface area (Å²) in [5, 5.41) is 0. The van der Waals surface area contributed by atoms with Gasteiger partial charge in [-0.2, -0.15) is 0 Å². The van der Waals surface area contributed by atoms with Crippen molar-refractivity contribution >= 4 is 49.0 Å². The largest absolute Gasteiger partial charge is 0.451 e. The van der Waals surface area contributed by atoms with Crippen LogP contribution in [0.3, 0.4) is 0 Å². The molecule has 0 aliphatic rings. The van der Waals surface area contributed by atoms with E-state index >= 15 is 0 Å². The second kappa shape index (κ2) is 6.37. The Morgan fingerprint density at radius 1 is 1.30 bits per heavy atom. The lowest BCUT2D eigenvalue weighted by atomic mass is 10.2. The Morgan fingerprint density at radius 2 is 2.09 bits per heavy atom. The number of nitrogens with zero attached hydrogens (tertiary/aromatic N) is 2. The summed E-state index contributed by atoms with van der Waals surface area (Å²) in [4.78, 5) is 23.5. The summed E-state index contributed by atoms with van der Waals surface area (Å²) in [6.07, 6.45) is 0.958. The van der Waals surface area contributed by atoms with Gasteiger partial charge < -0.3 is 9.72 Å². The summed E-state index contributed by atoms with van der Waals surface area (Å²) in [5.74, 6) is -0.958. The van der Waals surface area contributed by atoms with Crippen LogP contribution in [0.4, 0.5) is 4.39 Å². The molecule has 0 radical (unpaired) electrons. The van der Waals surface area contributed by atoms with Crippen LogP contribution in [0.1, 0.15) is 29.2 Å². The minimum atomic E-state index is -0.753. The minimum absolute atomic E-state index is 0.128. The lowest BCUT2D eigenvalue weighted by Crippen LogP contribution is -2.12. The number of ether oxygens (including phenoxy) is 1. The van der Waals surface area contributed by atoms with E-state index in [1.54, 1.807) is 19.2 Å². The van der Waals surface area contributed by atoms with E-state index in [-0.39, 0.29) is 5.56 Å². The number of hydrogen-bond donors (Lipinski definition) is 1. The Bertz CT molecular complexity index is 898. The van der Waals surface area contributed by atoms with Crippen LogP contribution in [-0.4, -0.2) is 20.9 Å². The summed E-state index contributed by atoms with van der Waals surface area (Å²) >= 11 is 6.46. The molecule has 0 fully saturated rings. The van der Waals surface area contributed by atoms with Crippen LogP contribution in [0.25, 0.3) is 11.2 Å². The normalized spacial score (nSPS) is 12.3. The van der Waals surface area contributed by atoms with Crippen LogP contribution in [0, 0.1) is 5.82 Å². The van der Waals surface area contributed by atoms with Gasteiger partial charge in [0.2, 0.25) is 0 Å². The minimum Gasteiger partial charge on any atom is -0.451 e. The molecule has 0 spiro atoms. The molecule has 0 aliphatic carbocycles. The zero-order valence-corrected chi connectivity index (χ0v) is 15.0. The van der Waals surface area contributed by atoms with Crippen molar-refractivity contribution in [2.24, 2.45) is 0 Å². The zero-order valence-electron chi connectivity index (χ0n) is 11.8. The van der Waals surface area contributed by atoms with E-state index in [0.29, 0.717) is 21.5 Å². The lowest BCUT2D eigenvalue weighted by molar-refractivity contribution is 0.0316. The van der Waals surface area contributed by atoms with Gasteiger partial charge >= 0.3 is 5.97 Å². The number of pyridine rings is 1. The van der Waals surface area contributed by atoms with E-state index in [2.05, 4.69) is 46.8 Å².